The van der Waals surface area contributed by atoms with E-state index in [0.29, 0.717) is 12.1 Å². The van der Waals surface area contributed by atoms with Crippen LogP contribution in [0.3, 0.4) is 0 Å². The quantitative estimate of drug-likeness (QED) is 0.380. The molecule has 92 valence electrons. The lowest BCUT2D eigenvalue weighted by Gasteiger charge is -2.04. The van der Waals surface area contributed by atoms with E-state index in [4.69, 9.17) is 0 Å². The highest BCUT2D eigenvalue weighted by Gasteiger charge is 2.06. The van der Waals surface area contributed by atoms with Crippen molar-refractivity contribution >= 4 is 33.2 Å². The average molecular weight is 301 g/mol. The number of unbranched alkanes of at least 4 members (excludes halogenated alkanes) is 1. The number of amides is 1. The van der Waals surface area contributed by atoms with Crippen LogP contribution in [-0.2, 0) is 4.79 Å². The van der Waals surface area contributed by atoms with Crippen LogP contribution in [0.25, 0.3) is 0 Å². The molecule has 0 aliphatic heterocycles. The number of non-ortho nitro benzene ring substituents is 1. The molecule has 0 fully saturated rings. The fraction of sp³-hybridized carbons (Fsp3) is 0.364. The molecule has 0 spiro atoms. The number of anilines is 1. The van der Waals surface area contributed by atoms with Crippen molar-refractivity contribution < 1.29 is 9.72 Å². The lowest BCUT2D eigenvalue weighted by atomic mass is 10.2. The second kappa shape index (κ2) is 7.01. The van der Waals surface area contributed by atoms with E-state index in [-0.39, 0.29) is 11.6 Å². The van der Waals surface area contributed by atoms with Crippen LogP contribution < -0.4 is 5.32 Å². The molecule has 0 saturated carbocycles. The predicted octanol–water partition coefficient (Wildman–Crippen LogP) is 3.10. The zero-order chi connectivity index (χ0) is 12.7. The number of carbonyl (C=O) groups excluding carboxylic acids is 1. The Labute approximate surface area is 107 Å². The summed E-state index contributed by atoms with van der Waals surface area (Å²) < 4.78 is 0. The number of benzene rings is 1. The van der Waals surface area contributed by atoms with Crippen LogP contribution in [0.4, 0.5) is 11.4 Å². The largest absolute Gasteiger partial charge is 0.326 e. The summed E-state index contributed by atoms with van der Waals surface area (Å²) in [7, 11) is 0. The third-order valence-corrected chi connectivity index (χ3v) is 2.71. The summed E-state index contributed by atoms with van der Waals surface area (Å²) in [5, 5.41) is 14.0. The first-order valence-electron chi connectivity index (χ1n) is 5.24. The zero-order valence-electron chi connectivity index (χ0n) is 9.19. The molecule has 5 nitrogen and oxygen atoms in total. The normalized spacial score (nSPS) is 9.94. The van der Waals surface area contributed by atoms with Gasteiger partial charge in [0.25, 0.3) is 5.69 Å². The molecule has 0 unspecified atom stereocenters. The molecule has 0 saturated heterocycles. The summed E-state index contributed by atoms with van der Waals surface area (Å²) in [6.45, 7) is 0. The third kappa shape index (κ3) is 4.95. The topological polar surface area (TPSA) is 72.2 Å². The number of nitrogens with one attached hydrogen (secondary N) is 1. The number of alkyl halides is 1. The Morgan fingerprint density at radius 3 is 2.47 bits per heavy atom. The molecule has 17 heavy (non-hydrogen) atoms. The second-order valence-corrected chi connectivity index (χ2v) is 4.29. The molecular weight excluding hydrogens is 288 g/mol. The van der Waals surface area contributed by atoms with Crippen molar-refractivity contribution in [2.75, 3.05) is 10.6 Å². The summed E-state index contributed by atoms with van der Waals surface area (Å²) in [6, 6.07) is 5.79. The van der Waals surface area contributed by atoms with Gasteiger partial charge in [0, 0.05) is 29.6 Å². The van der Waals surface area contributed by atoms with Gasteiger partial charge in [0.1, 0.15) is 0 Å². The average Bonchev–Trinajstić information content (AvgIpc) is 2.30. The summed E-state index contributed by atoms with van der Waals surface area (Å²) in [5.41, 5.74) is 0.599. The molecule has 0 atom stereocenters. The van der Waals surface area contributed by atoms with E-state index in [2.05, 4.69) is 21.2 Å². The Balaban J connectivity index is 2.46. The maximum atomic E-state index is 11.4. The Morgan fingerprint density at radius 1 is 1.29 bits per heavy atom. The van der Waals surface area contributed by atoms with Gasteiger partial charge in [-0.15, -0.1) is 0 Å². The van der Waals surface area contributed by atoms with Crippen LogP contribution in [0.5, 0.6) is 0 Å². The van der Waals surface area contributed by atoms with Gasteiger partial charge < -0.3 is 5.32 Å². The van der Waals surface area contributed by atoms with Gasteiger partial charge in [0.15, 0.2) is 0 Å². The number of rotatable bonds is 6. The van der Waals surface area contributed by atoms with Gasteiger partial charge in [0.2, 0.25) is 5.91 Å². The zero-order valence-corrected chi connectivity index (χ0v) is 10.8. The highest BCUT2D eigenvalue weighted by atomic mass is 79.9. The van der Waals surface area contributed by atoms with Crippen molar-refractivity contribution in [1.82, 2.24) is 0 Å². The van der Waals surface area contributed by atoms with Gasteiger partial charge in [-0.25, -0.2) is 0 Å². The molecule has 1 aromatic carbocycles. The Bertz CT molecular complexity index is 392. The van der Waals surface area contributed by atoms with Crippen LogP contribution in [0, 0.1) is 10.1 Å². The summed E-state index contributed by atoms with van der Waals surface area (Å²) in [5.74, 6) is -0.0696. The van der Waals surface area contributed by atoms with E-state index in [1.807, 2.05) is 0 Å². The molecule has 0 aromatic heterocycles. The van der Waals surface area contributed by atoms with Crippen LogP contribution in [0.15, 0.2) is 24.3 Å². The lowest BCUT2D eigenvalue weighted by molar-refractivity contribution is -0.384. The van der Waals surface area contributed by atoms with Gasteiger partial charge in [0.05, 0.1) is 4.92 Å². The highest BCUT2D eigenvalue weighted by Crippen LogP contribution is 2.15. The van der Waals surface area contributed by atoms with Gasteiger partial charge in [-0.2, -0.15) is 0 Å². The fourth-order valence-corrected chi connectivity index (χ4v) is 1.67. The minimum Gasteiger partial charge on any atom is -0.326 e. The molecule has 0 bridgehead atoms. The number of carbonyl (C=O) groups is 1. The van der Waals surface area contributed by atoms with E-state index >= 15 is 0 Å². The molecule has 1 amide bonds. The number of hydrogen-bond donors (Lipinski definition) is 1. The predicted molar refractivity (Wildman–Crippen MR) is 69.4 cm³/mol. The highest BCUT2D eigenvalue weighted by molar-refractivity contribution is 9.09. The van der Waals surface area contributed by atoms with E-state index in [1.165, 1.54) is 24.3 Å². The number of nitrogens with zero attached hydrogens (tertiary/aromatic N) is 1. The molecule has 0 radical (unpaired) electrons. The van der Waals surface area contributed by atoms with Gasteiger partial charge in [-0.05, 0) is 25.0 Å². The maximum Gasteiger partial charge on any atom is 0.269 e. The smallest absolute Gasteiger partial charge is 0.269 e. The number of nitro benzene ring substituents is 1. The first kappa shape index (κ1) is 13.6. The Morgan fingerprint density at radius 2 is 1.94 bits per heavy atom. The lowest BCUT2D eigenvalue weighted by Crippen LogP contribution is -2.11. The fourth-order valence-electron chi connectivity index (χ4n) is 1.27. The maximum absolute atomic E-state index is 11.4. The van der Waals surface area contributed by atoms with Crippen LogP contribution >= 0.6 is 15.9 Å². The number of nitro groups is 1. The second-order valence-electron chi connectivity index (χ2n) is 3.50. The summed E-state index contributed by atoms with van der Waals surface area (Å²) >= 11 is 3.29. The van der Waals surface area contributed by atoms with Crippen molar-refractivity contribution in [3.8, 4) is 0 Å². The molecule has 1 aromatic rings. The number of halogens is 1. The van der Waals surface area contributed by atoms with Gasteiger partial charge in [-0.3, -0.25) is 14.9 Å². The first-order chi connectivity index (χ1) is 8.13. The SMILES string of the molecule is O=C(CCCCBr)Nc1ccc([N+](=O)[O-])cc1. The van der Waals surface area contributed by atoms with Gasteiger partial charge in [-0.1, -0.05) is 15.9 Å². The summed E-state index contributed by atoms with van der Waals surface area (Å²) in [4.78, 5) is 21.4. The van der Waals surface area contributed by atoms with Crippen molar-refractivity contribution in [2.45, 2.75) is 19.3 Å². The molecule has 0 aliphatic rings. The van der Waals surface area contributed by atoms with Crippen molar-refractivity contribution in [2.24, 2.45) is 0 Å². The minimum absolute atomic E-state index is 0.0160. The van der Waals surface area contributed by atoms with Gasteiger partial charge >= 0.3 is 0 Å². The molecule has 6 heteroatoms. The van der Waals surface area contributed by atoms with Crippen LogP contribution in [-0.4, -0.2) is 16.2 Å². The molecule has 1 rings (SSSR count). The minimum atomic E-state index is -0.471. The Hall–Kier alpha value is -1.43. The van der Waals surface area contributed by atoms with Crippen LogP contribution in [0.1, 0.15) is 19.3 Å². The van der Waals surface area contributed by atoms with Crippen LogP contribution in [0.2, 0.25) is 0 Å². The van der Waals surface area contributed by atoms with E-state index < -0.39 is 4.92 Å². The molecule has 0 heterocycles. The third-order valence-electron chi connectivity index (χ3n) is 2.15. The standard InChI is InChI=1S/C11H13BrN2O3/c12-8-2-1-3-11(15)13-9-4-6-10(7-5-9)14(16)17/h4-7H,1-3,8H2,(H,13,15). The summed E-state index contributed by atoms with van der Waals surface area (Å²) in [6.07, 6.45) is 2.24. The molecular formula is C11H13BrN2O3. The van der Waals surface area contributed by atoms with E-state index in [9.17, 15) is 14.9 Å². The monoisotopic (exact) mass is 300 g/mol. The molecule has 1 N–H and O–H groups in total. The van der Waals surface area contributed by atoms with E-state index in [1.54, 1.807) is 0 Å². The van der Waals surface area contributed by atoms with E-state index in [0.717, 1.165) is 18.2 Å². The van der Waals surface area contributed by atoms with Crippen molar-refractivity contribution in [3.63, 3.8) is 0 Å². The van der Waals surface area contributed by atoms with Crippen molar-refractivity contribution in [3.05, 3.63) is 34.4 Å². The first-order valence-corrected chi connectivity index (χ1v) is 6.36. The number of hydrogen-bond acceptors (Lipinski definition) is 3. The Kier molecular flexibility index (Phi) is 5.62. The molecule has 0 aliphatic carbocycles. The van der Waals surface area contributed by atoms with Crippen molar-refractivity contribution in [1.29, 1.82) is 0 Å².